The van der Waals surface area contributed by atoms with Crippen LogP contribution in [0.15, 0.2) is 0 Å². The van der Waals surface area contributed by atoms with E-state index in [4.69, 9.17) is 23.1 Å². The first-order chi connectivity index (χ1) is 10.7. The van der Waals surface area contributed by atoms with Crippen molar-refractivity contribution in [3.05, 3.63) is 0 Å². The summed E-state index contributed by atoms with van der Waals surface area (Å²) < 4.78 is 38.2. The summed E-state index contributed by atoms with van der Waals surface area (Å²) in [5.41, 5.74) is 0. The summed E-state index contributed by atoms with van der Waals surface area (Å²) >= 11 is 2.76. The first-order valence-electron chi connectivity index (χ1n) is 7.38. The molecule has 0 amide bonds. The van der Waals surface area contributed by atoms with E-state index in [-0.39, 0.29) is 0 Å². The van der Waals surface area contributed by atoms with E-state index in [0.717, 1.165) is 0 Å². The average Bonchev–Trinajstić information content (AvgIpc) is 2.52. The van der Waals surface area contributed by atoms with Gasteiger partial charge in [-0.05, 0) is 15.9 Å². The smallest absolute Gasteiger partial charge is 0.303 e. The van der Waals surface area contributed by atoms with Crippen molar-refractivity contribution >= 4 is 33.8 Å². The van der Waals surface area contributed by atoms with Crippen LogP contribution in [0, 0.1) is 0 Å². The Labute approximate surface area is 127 Å². The standard InChI is InChI=1S/C11H15BrO8/c1-5(13)18-8-4-17-11(12,16)10(20-7(3)15)9(8)19-6(2)14/h8-10,16H,4H2,1-3H3/t8-,9+,10-,11?/m1/s1/i1D,2D,3D. The van der Waals surface area contributed by atoms with Crippen molar-refractivity contribution in [2.75, 3.05) is 6.61 Å². The van der Waals surface area contributed by atoms with Crippen molar-refractivity contribution in [1.82, 2.24) is 0 Å². The molecule has 20 heavy (non-hydrogen) atoms. The summed E-state index contributed by atoms with van der Waals surface area (Å²) in [4.78, 5) is 34.0. The minimum absolute atomic E-state index is 0.418. The predicted octanol–water partition coefficient (Wildman–Crippen LogP) is -0.147. The van der Waals surface area contributed by atoms with Gasteiger partial charge in [0, 0.05) is 24.8 Å². The van der Waals surface area contributed by atoms with Crippen LogP contribution in [0.1, 0.15) is 24.8 Å². The van der Waals surface area contributed by atoms with E-state index in [2.05, 4.69) is 15.9 Å². The first-order valence-corrected chi connectivity index (χ1v) is 6.05. The summed E-state index contributed by atoms with van der Waals surface area (Å²) in [6.07, 6.45) is -4.38. The molecule has 114 valence electrons. The molecule has 1 aliphatic heterocycles. The molecule has 1 aliphatic rings. The minimum atomic E-state index is -2.24. The number of halogens is 1. The zero-order valence-electron chi connectivity index (χ0n) is 13.2. The van der Waals surface area contributed by atoms with Gasteiger partial charge >= 0.3 is 17.9 Å². The molecule has 4 atom stereocenters. The number of hydrogen-bond acceptors (Lipinski definition) is 8. The molecular weight excluding hydrogens is 340 g/mol. The molecule has 0 aromatic carbocycles. The molecule has 0 bridgehead atoms. The summed E-state index contributed by atoms with van der Waals surface area (Å²) in [5, 5.41) is 10.1. The molecule has 8 nitrogen and oxygen atoms in total. The molecule has 0 radical (unpaired) electrons. The van der Waals surface area contributed by atoms with Crippen molar-refractivity contribution < 1.29 is 42.5 Å². The number of ether oxygens (including phenoxy) is 4. The van der Waals surface area contributed by atoms with Gasteiger partial charge in [0.25, 0.3) is 4.70 Å². The van der Waals surface area contributed by atoms with E-state index in [0.29, 0.717) is 0 Å². The van der Waals surface area contributed by atoms with Gasteiger partial charge in [-0.2, -0.15) is 0 Å². The summed E-state index contributed by atoms with van der Waals surface area (Å²) in [7, 11) is 0. The largest absolute Gasteiger partial charge is 0.456 e. The van der Waals surface area contributed by atoms with Gasteiger partial charge in [0.1, 0.15) is 0 Å². The normalized spacial score (nSPS) is 35.1. The van der Waals surface area contributed by atoms with Crippen molar-refractivity contribution in [3.63, 3.8) is 0 Å². The van der Waals surface area contributed by atoms with Gasteiger partial charge in [0.2, 0.25) is 6.10 Å². The molecule has 0 aliphatic carbocycles. The van der Waals surface area contributed by atoms with Crippen LogP contribution >= 0.6 is 15.9 Å². The van der Waals surface area contributed by atoms with Crippen LogP contribution in [0.4, 0.5) is 0 Å². The SMILES string of the molecule is [2H]CC(=O)O[C@@H]1[C@@H](OC(=O)C[2H])C(O)(Br)OC[C@H]1OC(=O)C[2H]. The van der Waals surface area contributed by atoms with E-state index in [1.807, 2.05) is 0 Å². The van der Waals surface area contributed by atoms with Crippen molar-refractivity contribution in [2.45, 2.75) is 43.7 Å². The molecule has 1 saturated heterocycles. The summed E-state index contributed by atoms with van der Waals surface area (Å²) in [5.74, 6) is -3.01. The molecule has 0 aromatic rings. The van der Waals surface area contributed by atoms with Crippen molar-refractivity contribution in [1.29, 1.82) is 0 Å². The highest BCUT2D eigenvalue weighted by molar-refractivity contribution is 9.10. The van der Waals surface area contributed by atoms with Crippen LogP contribution in [0.5, 0.6) is 0 Å². The van der Waals surface area contributed by atoms with Crippen molar-refractivity contribution in [2.24, 2.45) is 0 Å². The maximum absolute atomic E-state index is 11.4. The first kappa shape index (κ1) is 12.5. The Balaban J connectivity index is 3.05. The quantitative estimate of drug-likeness (QED) is 0.422. The Kier molecular flexibility index (Phi) is 4.08. The number of esters is 3. The molecular formula is C11H15BrO8. The van der Waals surface area contributed by atoms with E-state index < -0.39 is 68.2 Å². The predicted molar refractivity (Wildman–Crippen MR) is 66.5 cm³/mol. The van der Waals surface area contributed by atoms with Crippen LogP contribution in [-0.2, 0) is 33.3 Å². The highest BCUT2D eigenvalue weighted by Gasteiger charge is 2.54. The van der Waals surface area contributed by atoms with Crippen LogP contribution in [0.2, 0.25) is 0 Å². The Morgan fingerprint density at radius 1 is 1.20 bits per heavy atom. The second kappa shape index (κ2) is 6.51. The Morgan fingerprint density at radius 2 is 1.75 bits per heavy atom. The number of aliphatic hydroxyl groups is 1. The third-order valence-electron chi connectivity index (χ3n) is 2.27. The van der Waals surface area contributed by atoms with Gasteiger partial charge < -0.3 is 24.1 Å². The Bertz CT molecular complexity index is 461. The van der Waals surface area contributed by atoms with E-state index in [1.54, 1.807) is 0 Å². The second-order valence-corrected chi connectivity index (χ2v) is 4.95. The molecule has 1 rings (SSSR count). The molecule has 1 unspecified atom stereocenters. The van der Waals surface area contributed by atoms with Gasteiger partial charge in [0.15, 0.2) is 12.2 Å². The van der Waals surface area contributed by atoms with E-state index in [1.165, 1.54) is 0 Å². The number of carbonyl (C=O) groups is 3. The molecule has 1 fully saturated rings. The van der Waals surface area contributed by atoms with Crippen LogP contribution in [0.3, 0.4) is 0 Å². The zero-order valence-corrected chi connectivity index (χ0v) is 11.8. The zero-order chi connectivity index (χ0) is 17.6. The highest BCUT2D eigenvalue weighted by atomic mass is 79.9. The van der Waals surface area contributed by atoms with Gasteiger partial charge in [-0.15, -0.1) is 0 Å². The van der Waals surface area contributed by atoms with Crippen molar-refractivity contribution in [3.8, 4) is 0 Å². The van der Waals surface area contributed by atoms with Gasteiger partial charge in [-0.3, -0.25) is 14.4 Å². The number of alkyl halides is 1. The monoisotopic (exact) mass is 357 g/mol. The third-order valence-corrected chi connectivity index (χ3v) is 2.95. The fourth-order valence-corrected chi connectivity index (χ4v) is 2.10. The molecule has 1 N–H and O–H groups in total. The lowest BCUT2D eigenvalue weighted by atomic mass is 10.0. The number of rotatable bonds is 3. The van der Waals surface area contributed by atoms with Crippen LogP contribution in [-0.4, -0.2) is 52.6 Å². The maximum Gasteiger partial charge on any atom is 0.303 e. The number of carbonyl (C=O) groups excluding carboxylic acids is 3. The van der Waals surface area contributed by atoms with E-state index in [9.17, 15) is 19.5 Å². The van der Waals surface area contributed by atoms with Gasteiger partial charge in [-0.1, -0.05) is 0 Å². The lowest BCUT2D eigenvalue weighted by Crippen LogP contribution is -2.61. The lowest BCUT2D eigenvalue weighted by Gasteiger charge is -2.42. The maximum atomic E-state index is 11.4. The van der Waals surface area contributed by atoms with Gasteiger partial charge in [0.05, 0.1) is 6.61 Å². The van der Waals surface area contributed by atoms with Crippen LogP contribution in [0.25, 0.3) is 0 Å². The molecule has 0 aromatic heterocycles. The summed E-state index contributed by atoms with van der Waals surface area (Å²) in [6.45, 7) is -2.64. The molecule has 0 saturated carbocycles. The summed E-state index contributed by atoms with van der Waals surface area (Å²) in [6, 6.07) is 0. The minimum Gasteiger partial charge on any atom is -0.456 e. The fraction of sp³-hybridized carbons (Fsp3) is 0.727. The molecule has 9 heteroatoms. The highest BCUT2D eigenvalue weighted by Crippen LogP contribution is 2.34. The van der Waals surface area contributed by atoms with Crippen LogP contribution < -0.4 is 0 Å². The van der Waals surface area contributed by atoms with Gasteiger partial charge in [-0.25, -0.2) is 0 Å². The molecule has 0 spiro atoms. The second-order valence-electron chi connectivity index (χ2n) is 3.81. The average molecular weight is 358 g/mol. The van der Waals surface area contributed by atoms with E-state index >= 15 is 0 Å². The lowest BCUT2D eigenvalue weighted by molar-refractivity contribution is -0.280. The fourth-order valence-electron chi connectivity index (χ4n) is 1.61. The Hall–Kier alpha value is -1.19. The Morgan fingerprint density at radius 3 is 2.35 bits per heavy atom. The number of hydrogen-bond donors (Lipinski definition) is 1. The topological polar surface area (TPSA) is 108 Å². The third kappa shape index (κ3) is 4.43. The molecule has 1 heterocycles.